The van der Waals surface area contributed by atoms with Gasteiger partial charge in [-0.05, 0) is 29.8 Å². The largest absolute Gasteiger partial charge is 0.461 e. The average molecular weight is 429 g/mol. The molecule has 0 aliphatic carbocycles. The number of aromatic nitrogens is 5. The molecule has 0 bridgehead atoms. The fraction of sp³-hybridized carbons (Fsp3) is 0.250. The van der Waals surface area contributed by atoms with E-state index in [9.17, 15) is 18.4 Å². The van der Waals surface area contributed by atoms with Crippen LogP contribution in [-0.4, -0.2) is 30.7 Å². The highest BCUT2D eigenvalue weighted by atomic mass is 19.1. The summed E-state index contributed by atoms with van der Waals surface area (Å²) in [4.78, 5) is 32.7. The van der Waals surface area contributed by atoms with Crippen LogP contribution >= 0.6 is 0 Å². The third-order valence-electron chi connectivity index (χ3n) is 4.42. The molecule has 0 saturated carbocycles. The van der Waals surface area contributed by atoms with Crippen LogP contribution in [-0.2, 0) is 13.1 Å². The van der Waals surface area contributed by atoms with Crippen LogP contribution in [0.25, 0.3) is 11.0 Å². The van der Waals surface area contributed by atoms with Gasteiger partial charge in [-0.1, -0.05) is 12.1 Å². The molecule has 0 spiro atoms. The molecule has 3 heterocycles. The standard InChI is InChI=1S/C20H17F2N5O4/c1-12(21)30-14-6-4-13(5-7-14)16(22)9-27-20(29)31-17(25-27)10-26-11-24-18-15(19(26)28)3-2-8-23-18/h2-8,11-12,16H,9-10H2,1H3/t12?,16-/m0/s1. The zero-order valence-corrected chi connectivity index (χ0v) is 16.3. The van der Waals surface area contributed by atoms with Gasteiger partial charge in [0.15, 0.2) is 5.65 Å². The molecular weight excluding hydrogens is 412 g/mol. The van der Waals surface area contributed by atoms with Gasteiger partial charge in [0.1, 0.15) is 24.8 Å². The molecular formula is C20H17F2N5O4. The third kappa shape index (κ3) is 4.49. The molecule has 1 aromatic carbocycles. The molecule has 0 N–H and O–H groups in total. The zero-order chi connectivity index (χ0) is 22.0. The molecule has 11 heteroatoms. The van der Waals surface area contributed by atoms with Gasteiger partial charge in [-0.2, -0.15) is 4.68 Å². The SMILES string of the molecule is CC(F)Oc1ccc([C@@H](F)Cn2nc(Cn3cnc4ncccc4c3=O)oc2=O)cc1. The second kappa shape index (κ2) is 8.46. The maximum Gasteiger partial charge on any atom is 0.437 e. The van der Waals surface area contributed by atoms with Crippen LogP contribution in [0, 0.1) is 0 Å². The molecule has 0 saturated heterocycles. The van der Waals surface area contributed by atoms with E-state index in [1.54, 1.807) is 12.1 Å². The molecule has 0 amide bonds. The number of alkyl halides is 2. The molecule has 0 aliphatic rings. The van der Waals surface area contributed by atoms with Crippen molar-refractivity contribution >= 4 is 11.0 Å². The van der Waals surface area contributed by atoms with E-state index in [1.807, 2.05) is 0 Å². The summed E-state index contributed by atoms with van der Waals surface area (Å²) in [7, 11) is 0. The smallest absolute Gasteiger partial charge is 0.437 e. The lowest BCUT2D eigenvalue weighted by atomic mass is 10.1. The monoisotopic (exact) mass is 429 g/mol. The van der Waals surface area contributed by atoms with Crippen LogP contribution in [0.4, 0.5) is 8.78 Å². The Morgan fingerprint density at radius 3 is 2.65 bits per heavy atom. The van der Waals surface area contributed by atoms with Gasteiger partial charge in [-0.25, -0.2) is 23.5 Å². The Balaban J connectivity index is 1.50. The zero-order valence-electron chi connectivity index (χ0n) is 16.3. The lowest BCUT2D eigenvalue weighted by molar-refractivity contribution is 0.0860. The molecule has 160 valence electrons. The van der Waals surface area contributed by atoms with Crippen molar-refractivity contribution in [3.63, 3.8) is 0 Å². The van der Waals surface area contributed by atoms with E-state index in [4.69, 9.17) is 9.15 Å². The van der Waals surface area contributed by atoms with Gasteiger partial charge in [-0.3, -0.25) is 9.36 Å². The first-order chi connectivity index (χ1) is 14.9. The van der Waals surface area contributed by atoms with Gasteiger partial charge in [0.05, 0.1) is 11.9 Å². The maximum absolute atomic E-state index is 14.6. The van der Waals surface area contributed by atoms with Crippen LogP contribution in [0.15, 0.2) is 62.9 Å². The molecule has 0 fully saturated rings. The number of fused-ring (bicyclic) bond motifs is 1. The predicted molar refractivity (Wildman–Crippen MR) is 105 cm³/mol. The van der Waals surface area contributed by atoms with Crippen molar-refractivity contribution in [2.45, 2.75) is 32.5 Å². The summed E-state index contributed by atoms with van der Waals surface area (Å²) in [5.74, 6) is -0.659. The van der Waals surface area contributed by atoms with E-state index in [-0.39, 0.29) is 29.3 Å². The van der Waals surface area contributed by atoms with Gasteiger partial charge in [-0.15, -0.1) is 5.10 Å². The number of rotatable bonds is 7. The van der Waals surface area contributed by atoms with Crippen LogP contribution in [0.2, 0.25) is 0 Å². The maximum atomic E-state index is 14.6. The second-order valence-corrected chi connectivity index (χ2v) is 6.69. The molecule has 0 aliphatic heterocycles. The molecule has 1 unspecified atom stereocenters. The first-order valence-electron chi connectivity index (χ1n) is 9.32. The highest BCUT2D eigenvalue weighted by Crippen LogP contribution is 2.22. The summed E-state index contributed by atoms with van der Waals surface area (Å²) >= 11 is 0. The number of halogens is 2. The van der Waals surface area contributed by atoms with Crippen molar-refractivity contribution in [3.05, 3.63) is 81.3 Å². The number of nitrogens with zero attached hydrogens (tertiary/aromatic N) is 5. The molecule has 4 rings (SSSR count). The molecule has 3 aromatic heterocycles. The number of hydrogen-bond acceptors (Lipinski definition) is 7. The van der Waals surface area contributed by atoms with Crippen molar-refractivity contribution in [1.29, 1.82) is 0 Å². The topological polar surface area (TPSA) is 105 Å². The molecule has 4 aromatic rings. The number of pyridine rings is 1. The van der Waals surface area contributed by atoms with Crippen LogP contribution in [0.3, 0.4) is 0 Å². The van der Waals surface area contributed by atoms with Crippen LogP contribution in [0.1, 0.15) is 24.5 Å². The van der Waals surface area contributed by atoms with Gasteiger partial charge in [0, 0.05) is 13.1 Å². The average Bonchev–Trinajstić information content (AvgIpc) is 3.09. The van der Waals surface area contributed by atoms with Crippen molar-refractivity contribution in [2.24, 2.45) is 0 Å². The highest BCUT2D eigenvalue weighted by molar-refractivity contribution is 5.72. The Morgan fingerprint density at radius 1 is 1.13 bits per heavy atom. The van der Waals surface area contributed by atoms with E-state index < -0.39 is 24.8 Å². The normalized spacial score (nSPS) is 13.3. The predicted octanol–water partition coefficient (Wildman–Crippen LogP) is 2.39. The van der Waals surface area contributed by atoms with Crippen molar-refractivity contribution in [2.75, 3.05) is 0 Å². The molecule has 0 radical (unpaired) electrons. The third-order valence-corrected chi connectivity index (χ3v) is 4.42. The van der Waals surface area contributed by atoms with E-state index in [1.165, 1.54) is 48.3 Å². The van der Waals surface area contributed by atoms with Gasteiger partial charge in [0.25, 0.3) is 5.56 Å². The second-order valence-electron chi connectivity index (χ2n) is 6.69. The summed E-state index contributed by atoms with van der Waals surface area (Å²) in [6.45, 7) is 0.694. The summed E-state index contributed by atoms with van der Waals surface area (Å²) in [5.41, 5.74) is 0.190. The lowest BCUT2D eigenvalue weighted by Crippen LogP contribution is -2.22. The van der Waals surface area contributed by atoms with Crippen molar-refractivity contribution in [1.82, 2.24) is 24.3 Å². The Labute approximate surface area is 173 Å². The first kappa shape index (κ1) is 20.4. The Kier molecular flexibility index (Phi) is 5.56. The number of benzene rings is 1. The fourth-order valence-electron chi connectivity index (χ4n) is 2.99. The summed E-state index contributed by atoms with van der Waals surface area (Å²) in [6.07, 6.45) is -0.254. The first-order valence-corrected chi connectivity index (χ1v) is 9.32. The van der Waals surface area contributed by atoms with Crippen molar-refractivity contribution < 1.29 is 17.9 Å². The van der Waals surface area contributed by atoms with Gasteiger partial charge >= 0.3 is 5.76 Å². The molecule has 2 atom stereocenters. The molecule has 9 nitrogen and oxygen atoms in total. The van der Waals surface area contributed by atoms with Crippen molar-refractivity contribution in [3.8, 4) is 5.75 Å². The van der Waals surface area contributed by atoms with Crippen LogP contribution in [0.5, 0.6) is 5.75 Å². The van der Waals surface area contributed by atoms with Gasteiger partial charge in [0.2, 0.25) is 12.2 Å². The van der Waals surface area contributed by atoms with E-state index in [0.29, 0.717) is 11.0 Å². The minimum absolute atomic E-state index is 0.0648. The summed E-state index contributed by atoms with van der Waals surface area (Å²) in [6, 6.07) is 8.93. The Morgan fingerprint density at radius 2 is 1.90 bits per heavy atom. The van der Waals surface area contributed by atoms with Crippen LogP contribution < -0.4 is 16.1 Å². The van der Waals surface area contributed by atoms with Gasteiger partial charge < -0.3 is 9.15 Å². The minimum atomic E-state index is -1.57. The Bertz CT molecular complexity index is 1310. The molecule has 31 heavy (non-hydrogen) atoms. The summed E-state index contributed by atoms with van der Waals surface area (Å²) < 4.78 is 39.5. The minimum Gasteiger partial charge on any atom is -0.461 e. The number of ether oxygens (including phenoxy) is 1. The van der Waals surface area contributed by atoms with E-state index >= 15 is 0 Å². The quantitative estimate of drug-likeness (QED) is 0.444. The summed E-state index contributed by atoms with van der Waals surface area (Å²) in [5, 5.41) is 4.28. The van der Waals surface area contributed by atoms with E-state index in [0.717, 1.165) is 4.68 Å². The van der Waals surface area contributed by atoms with E-state index in [2.05, 4.69) is 15.1 Å². The Hall–Kier alpha value is -3.89. The lowest BCUT2D eigenvalue weighted by Gasteiger charge is -2.10. The highest BCUT2D eigenvalue weighted by Gasteiger charge is 2.17. The fourth-order valence-corrected chi connectivity index (χ4v) is 2.99. The number of hydrogen-bond donors (Lipinski definition) is 0.